The number of halogens is 2. The van der Waals surface area contributed by atoms with Crippen LogP contribution in [0.15, 0.2) is 36.4 Å². The van der Waals surface area contributed by atoms with Crippen molar-refractivity contribution in [1.82, 2.24) is 0 Å². The van der Waals surface area contributed by atoms with Crippen LogP contribution in [0.4, 0.5) is 8.78 Å². The first-order chi connectivity index (χ1) is 9.12. The molecule has 19 heavy (non-hydrogen) atoms. The molecule has 0 radical (unpaired) electrons. The summed E-state index contributed by atoms with van der Waals surface area (Å²) in [4.78, 5) is 0. The Kier molecular flexibility index (Phi) is 3.76. The summed E-state index contributed by atoms with van der Waals surface area (Å²) in [5.74, 6) is -0.516. The molecule has 4 heteroatoms. The van der Waals surface area contributed by atoms with E-state index in [1.54, 1.807) is 18.2 Å². The summed E-state index contributed by atoms with van der Waals surface area (Å²) < 4.78 is 31.5. The zero-order valence-electron chi connectivity index (χ0n) is 10.3. The number of rotatable bonds is 3. The van der Waals surface area contributed by atoms with Gasteiger partial charge in [-0.15, -0.1) is 0 Å². The fourth-order valence-corrected chi connectivity index (χ4v) is 1.84. The zero-order chi connectivity index (χ0) is 13.8. The standard InChI is InChI=1S/C15H11F2NO/c1-19-14-7-11(6-13(16)8-14)4-10-2-3-15(17)12(5-10)9-18/h2-3,5-8H,4H2,1H3. The van der Waals surface area contributed by atoms with Crippen LogP contribution in [-0.2, 0) is 6.42 Å². The topological polar surface area (TPSA) is 33.0 Å². The lowest BCUT2D eigenvalue weighted by molar-refractivity contribution is 0.410. The molecule has 0 bridgehead atoms. The van der Waals surface area contributed by atoms with Gasteiger partial charge in [-0.3, -0.25) is 0 Å². The van der Waals surface area contributed by atoms with Gasteiger partial charge in [-0.1, -0.05) is 6.07 Å². The highest BCUT2D eigenvalue weighted by molar-refractivity contribution is 5.38. The van der Waals surface area contributed by atoms with E-state index in [4.69, 9.17) is 10.00 Å². The van der Waals surface area contributed by atoms with Gasteiger partial charge in [-0.05, 0) is 41.8 Å². The first-order valence-corrected chi connectivity index (χ1v) is 5.64. The van der Waals surface area contributed by atoms with Gasteiger partial charge in [0, 0.05) is 6.07 Å². The summed E-state index contributed by atoms with van der Waals surface area (Å²) in [5, 5.41) is 8.77. The lowest BCUT2D eigenvalue weighted by Crippen LogP contribution is -1.94. The minimum Gasteiger partial charge on any atom is -0.497 e. The Morgan fingerprint density at radius 1 is 1.11 bits per heavy atom. The molecule has 0 aliphatic rings. The summed E-state index contributed by atoms with van der Waals surface area (Å²) in [6.45, 7) is 0. The first kappa shape index (κ1) is 13.0. The van der Waals surface area contributed by atoms with Gasteiger partial charge in [0.05, 0.1) is 12.7 Å². The summed E-state index contributed by atoms with van der Waals surface area (Å²) in [6.07, 6.45) is 0.406. The van der Waals surface area contributed by atoms with Crippen molar-refractivity contribution >= 4 is 0 Å². The number of nitrogens with zero attached hydrogens (tertiary/aromatic N) is 1. The maximum Gasteiger partial charge on any atom is 0.140 e. The Balaban J connectivity index is 2.31. The van der Waals surface area contributed by atoms with Crippen LogP contribution in [-0.4, -0.2) is 7.11 Å². The van der Waals surface area contributed by atoms with Crippen LogP contribution in [0.2, 0.25) is 0 Å². The normalized spacial score (nSPS) is 10.0. The molecule has 0 atom stereocenters. The molecule has 0 unspecified atom stereocenters. The van der Waals surface area contributed by atoms with Crippen LogP contribution in [0, 0.1) is 23.0 Å². The minimum absolute atomic E-state index is 0.0131. The van der Waals surface area contributed by atoms with Gasteiger partial charge < -0.3 is 4.74 Å². The number of hydrogen-bond acceptors (Lipinski definition) is 2. The Bertz CT molecular complexity index is 647. The predicted octanol–water partition coefficient (Wildman–Crippen LogP) is 3.44. The van der Waals surface area contributed by atoms with E-state index in [0.717, 1.165) is 5.56 Å². The third-order valence-corrected chi connectivity index (χ3v) is 2.73. The van der Waals surface area contributed by atoms with Crippen molar-refractivity contribution < 1.29 is 13.5 Å². The highest BCUT2D eigenvalue weighted by atomic mass is 19.1. The maximum absolute atomic E-state index is 13.3. The second-order valence-corrected chi connectivity index (χ2v) is 4.10. The van der Waals surface area contributed by atoms with Gasteiger partial charge >= 0.3 is 0 Å². The molecule has 0 aromatic heterocycles. The quantitative estimate of drug-likeness (QED) is 0.846. The van der Waals surface area contributed by atoms with Crippen LogP contribution in [0.25, 0.3) is 0 Å². The molecule has 0 fully saturated rings. The molecule has 2 nitrogen and oxygen atoms in total. The molecule has 2 rings (SSSR count). The molecule has 2 aromatic carbocycles. The van der Waals surface area contributed by atoms with E-state index in [2.05, 4.69) is 0 Å². The van der Waals surface area contributed by atoms with Crippen molar-refractivity contribution in [3.8, 4) is 11.8 Å². The van der Waals surface area contributed by atoms with Gasteiger partial charge in [0.25, 0.3) is 0 Å². The summed E-state index contributed by atoms with van der Waals surface area (Å²) in [5.41, 5.74) is 1.43. The van der Waals surface area contributed by atoms with Crippen LogP contribution in [0.3, 0.4) is 0 Å². The van der Waals surface area contributed by atoms with Gasteiger partial charge in [0.1, 0.15) is 23.5 Å². The Hall–Kier alpha value is -2.41. The summed E-state index contributed by atoms with van der Waals surface area (Å²) in [6, 6.07) is 10.4. The molecule has 0 heterocycles. The fraction of sp³-hybridized carbons (Fsp3) is 0.133. The number of hydrogen-bond donors (Lipinski definition) is 0. The smallest absolute Gasteiger partial charge is 0.140 e. The van der Waals surface area contributed by atoms with E-state index in [1.807, 2.05) is 0 Å². The Morgan fingerprint density at radius 2 is 1.89 bits per heavy atom. The Morgan fingerprint density at radius 3 is 2.58 bits per heavy atom. The van der Waals surface area contributed by atoms with E-state index in [9.17, 15) is 8.78 Å². The molecule has 96 valence electrons. The Labute approximate surface area is 109 Å². The highest BCUT2D eigenvalue weighted by Crippen LogP contribution is 2.19. The second kappa shape index (κ2) is 5.49. The van der Waals surface area contributed by atoms with Crippen molar-refractivity contribution in [3.63, 3.8) is 0 Å². The van der Waals surface area contributed by atoms with Gasteiger partial charge in [0.2, 0.25) is 0 Å². The van der Waals surface area contributed by atoms with E-state index >= 15 is 0 Å². The van der Waals surface area contributed by atoms with Gasteiger partial charge in [0.15, 0.2) is 0 Å². The number of methoxy groups -OCH3 is 1. The molecular weight excluding hydrogens is 248 g/mol. The van der Waals surface area contributed by atoms with Gasteiger partial charge in [-0.25, -0.2) is 8.78 Å². The molecule has 0 saturated heterocycles. The molecule has 0 spiro atoms. The van der Waals surface area contributed by atoms with Crippen LogP contribution in [0.5, 0.6) is 5.75 Å². The number of ether oxygens (including phenoxy) is 1. The molecular formula is C15H11F2NO. The van der Waals surface area contributed by atoms with E-state index in [0.29, 0.717) is 17.7 Å². The maximum atomic E-state index is 13.3. The van der Waals surface area contributed by atoms with Crippen molar-refractivity contribution in [2.75, 3.05) is 7.11 Å². The lowest BCUT2D eigenvalue weighted by Gasteiger charge is -2.06. The van der Waals surface area contributed by atoms with Crippen LogP contribution in [0.1, 0.15) is 16.7 Å². The lowest BCUT2D eigenvalue weighted by atomic mass is 10.0. The van der Waals surface area contributed by atoms with E-state index < -0.39 is 11.6 Å². The molecule has 0 saturated carbocycles. The average Bonchev–Trinajstić information content (AvgIpc) is 2.40. The monoisotopic (exact) mass is 259 g/mol. The summed E-state index contributed by atoms with van der Waals surface area (Å²) >= 11 is 0. The SMILES string of the molecule is COc1cc(F)cc(Cc2ccc(F)c(C#N)c2)c1. The third-order valence-electron chi connectivity index (χ3n) is 2.73. The number of nitriles is 1. The minimum atomic E-state index is -0.553. The second-order valence-electron chi connectivity index (χ2n) is 4.10. The van der Waals surface area contributed by atoms with Crippen molar-refractivity contribution in [3.05, 3.63) is 64.7 Å². The molecule has 0 N–H and O–H groups in total. The summed E-state index contributed by atoms with van der Waals surface area (Å²) in [7, 11) is 1.46. The molecule has 0 aliphatic carbocycles. The molecule has 2 aromatic rings. The van der Waals surface area contributed by atoms with Crippen LogP contribution < -0.4 is 4.74 Å². The zero-order valence-corrected chi connectivity index (χ0v) is 10.3. The molecule has 0 amide bonds. The highest BCUT2D eigenvalue weighted by Gasteiger charge is 2.06. The van der Waals surface area contributed by atoms with Crippen LogP contribution >= 0.6 is 0 Å². The predicted molar refractivity (Wildman–Crippen MR) is 66.9 cm³/mol. The van der Waals surface area contributed by atoms with Crippen molar-refractivity contribution in [2.45, 2.75) is 6.42 Å². The van der Waals surface area contributed by atoms with Crippen molar-refractivity contribution in [2.24, 2.45) is 0 Å². The third kappa shape index (κ3) is 3.08. The van der Waals surface area contributed by atoms with Crippen molar-refractivity contribution in [1.29, 1.82) is 5.26 Å². The fourth-order valence-electron chi connectivity index (χ4n) is 1.84. The van der Waals surface area contributed by atoms with E-state index in [1.165, 1.54) is 31.4 Å². The first-order valence-electron chi connectivity index (χ1n) is 5.64. The largest absolute Gasteiger partial charge is 0.497 e. The average molecular weight is 259 g/mol. The van der Waals surface area contributed by atoms with E-state index in [-0.39, 0.29) is 5.56 Å². The number of benzene rings is 2. The van der Waals surface area contributed by atoms with Gasteiger partial charge in [-0.2, -0.15) is 5.26 Å². The molecule has 0 aliphatic heterocycles.